The predicted molar refractivity (Wildman–Crippen MR) is 108 cm³/mol. The maximum atomic E-state index is 13.2. The average molecular weight is 417 g/mol. The highest BCUT2D eigenvalue weighted by Crippen LogP contribution is 2.30. The summed E-state index contributed by atoms with van der Waals surface area (Å²) < 4.78 is 31.7. The van der Waals surface area contributed by atoms with Crippen LogP contribution in [0.4, 0.5) is 0 Å². The molecule has 4 rings (SSSR count). The van der Waals surface area contributed by atoms with Gasteiger partial charge in [0, 0.05) is 46.3 Å². The van der Waals surface area contributed by atoms with Gasteiger partial charge in [-0.1, -0.05) is 12.1 Å². The van der Waals surface area contributed by atoms with E-state index in [2.05, 4.69) is 0 Å². The van der Waals surface area contributed by atoms with Crippen LogP contribution < -0.4 is 11.2 Å². The van der Waals surface area contributed by atoms with E-state index in [4.69, 9.17) is 4.98 Å². The minimum Gasteiger partial charge on any atom is -0.331 e. The van der Waals surface area contributed by atoms with Crippen LogP contribution in [-0.4, -0.2) is 44.5 Å². The van der Waals surface area contributed by atoms with Crippen molar-refractivity contribution in [1.29, 1.82) is 0 Å². The summed E-state index contributed by atoms with van der Waals surface area (Å²) in [6.07, 6.45) is 2.59. The molecule has 0 N–H and O–H groups in total. The highest BCUT2D eigenvalue weighted by atomic mass is 32.2. The SMILES string of the molecule is Cn1cc(S(=O)(=O)N2CCC[C@@H](c3nc4ccccc4n3C)C2)c(=O)n(C)c1=O. The van der Waals surface area contributed by atoms with Crippen LogP contribution in [0.3, 0.4) is 0 Å². The van der Waals surface area contributed by atoms with Gasteiger partial charge in [-0.05, 0) is 25.0 Å². The maximum Gasteiger partial charge on any atom is 0.330 e. The third-order valence-corrected chi connectivity index (χ3v) is 7.45. The summed E-state index contributed by atoms with van der Waals surface area (Å²) in [5.74, 6) is 0.756. The Morgan fingerprint density at radius 1 is 1.07 bits per heavy atom. The molecule has 0 aliphatic carbocycles. The zero-order valence-corrected chi connectivity index (χ0v) is 17.4. The summed E-state index contributed by atoms with van der Waals surface area (Å²) in [6, 6.07) is 7.79. The molecule has 9 nitrogen and oxygen atoms in total. The predicted octanol–water partition coefficient (Wildman–Crippen LogP) is 0.539. The van der Waals surface area contributed by atoms with E-state index < -0.39 is 21.3 Å². The monoisotopic (exact) mass is 417 g/mol. The number of hydrogen-bond donors (Lipinski definition) is 0. The number of nitrogens with zero attached hydrogens (tertiary/aromatic N) is 5. The van der Waals surface area contributed by atoms with Crippen LogP contribution in [0.5, 0.6) is 0 Å². The van der Waals surface area contributed by atoms with Crippen molar-refractivity contribution in [1.82, 2.24) is 23.0 Å². The van der Waals surface area contributed by atoms with E-state index in [1.807, 2.05) is 35.9 Å². The van der Waals surface area contributed by atoms with E-state index in [0.29, 0.717) is 13.0 Å². The molecule has 3 heterocycles. The Kier molecular flexibility index (Phi) is 4.70. The molecule has 0 amide bonds. The highest BCUT2D eigenvalue weighted by Gasteiger charge is 2.35. The molecular weight excluding hydrogens is 394 g/mol. The molecule has 10 heteroatoms. The van der Waals surface area contributed by atoms with Gasteiger partial charge >= 0.3 is 5.69 Å². The van der Waals surface area contributed by atoms with Gasteiger partial charge in [-0.3, -0.25) is 9.36 Å². The third-order valence-electron chi connectivity index (χ3n) is 5.60. The largest absolute Gasteiger partial charge is 0.331 e. The van der Waals surface area contributed by atoms with Crippen LogP contribution in [0.2, 0.25) is 0 Å². The molecule has 0 saturated carbocycles. The Morgan fingerprint density at radius 3 is 2.52 bits per heavy atom. The van der Waals surface area contributed by atoms with Crippen molar-refractivity contribution >= 4 is 21.1 Å². The molecule has 0 unspecified atom stereocenters. The van der Waals surface area contributed by atoms with Crippen molar-refractivity contribution in [2.45, 2.75) is 23.7 Å². The third kappa shape index (κ3) is 3.12. The number of sulfonamides is 1. The molecule has 0 bridgehead atoms. The normalized spacial score (nSPS) is 18.4. The number of benzene rings is 1. The summed E-state index contributed by atoms with van der Waals surface area (Å²) in [5, 5.41) is 0. The van der Waals surface area contributed by atoms with Crippen molar-refractivity contribution < 1.29 is 8.42 Å². The topological polar surface area (TPSA) is 99.2 Å². The fourth-order valence-electron chi connectivity index (χ4n) is 3.99. The average Bonchev–Trinajstić information content (AvgIpc) is 3.06. The Balaban J connectivity index is 1.72. The molecule has 3 aromatic rings. The summed E-state index contributed by atoms with van der Waals surface area (Å²) in [7, 11) is 0.606. The van der Waals surface area contributed by atoms with Gasteiger partial charge in [0.05, 0.1) is 11.0 Å². The van der Waals surface area contributed by atoms with Gasteiger partial charge in [-0.25, -0.2) is 18.2 Å². The van der Waals surface area contributed by atoms with Crippen molar-refractivity contribution in [2.75, 3.05) is 13.1 Å². The maximum absolute atomic E-state index is 13.2. The van der Waals surface area contributed by atoms with E-state index in [0.717, 1.165) is 38.6 Å². The minimum atomic E-state index is -4.04. The van der Waals surface area contributed by atoms with Gasteiger partial charge in [0.1, 0.15) is 5.82 Å². The van der Waals surface area contributed by atoms with Gasteiger partial charge < -0.3 is 9.13 Å². The smallest absolute Gasteiger partial charge is 0.330 e. The summed E-state index contributed by atoms with van der Waals surface area (Å²) in [4.78, 5) is 28.7. The lowest BCUT2D eigenvalue weighted by Gasteiger charge is -2.31. The van der Waals surface area contributed by atoms with Gasteiger partial charge in [-0.2, -0.15) is 4.31 Å². The molecule has 1 atom stereocenters. The molecule has 0 spiro atoms. The lowest BCUT2D eigenvalue weighted by molar-refractivity contribution is 0.306. The molecule has 1 fully saturated rings. The fourth-order valence-corrected chi connectivity index (χ4v) is 5.66. The summed E-state index contributed by atoms with van der Waals surface area (Å²) >= 11 is 0. The van der Waals surface area contributed by atoms with E-state index in [-0.39, 0.29) is 17.4 Å². The van der Waals surface area contributed by atoms with Gasteiger partial charge in [0.25, 0.3) is 5.56 Å². The summed E-state index contributed by atoms with van der Waals surface area (Å²) in [6.45, 7) is 0.570. The first-order valence-corrected chi connectivity index (χ1v) is 10.8. The van der Waals surface area contributed by atoms with Crippen LogP contribution in [0.15, 0.2) is 44.9 Å². The number of imidazole rings is 1. The van der Waals surface area contributed by atoms with Crippen LogP contribution in [0.1, 0.15) is 24.6 Å². The fraction of sp³-hybridized carbons (Fsp3) is 0.421. The second kappa shape index (κ2) is 6.96. The number of aromatic nitrogens is 4. The van der Waals surface area contributed by atoms with Crippen LogP contribution in [0.25, 0.3) is 11.0 Å². The van der Waals surface area contributed by atoms with Crippen LogP contribution >= 0.6 is 0 Å². The van der Waals surface area contributed by atoms with Gasteiger partial charge in [0.2, 0.25) is 10.0 Å². The number of para-hydroxylation sites is 2. The van der Waals surface area contributed by atoms with Gasteiger partial charge in [0.15, 0.2) is 4.90 Å². The first-order valence-electron chi connectivity index (χ1n) is 9.40. The molecule has 1 aliphatic rings. The lowest BCUT2D eigenvalue weighted by Crippen LogP contribution is -2.45. The molecule has 2 aromatic heterocycles. The molecule has 0 radical (unpaired) electrons. The quantitative estimate of drug-likeness (QED) is 0.619. The van der Waals surface area contributed by atoms with Crippen LogP contribution in [-0.2, 0) is 31.2 Å². The van der Waals surface area contributed by atoms with Crippen molar-refractivity contribution in [3.8, 4) is 0 Å². The molecule has 1 aliphatic heterocycles. The molecule has 29 heavy (non-hydrogen) atoms. The van der Waals surface area contributed by atoms with Gasteiger partial charge in [-0.15, -0.1) is 0 Å². The molecule has 154 valence electrons. The van der Waals surface area contributed by atoms with E-state index in [9.17, 15) is 18.0 Å². The standard InChI is InChI=1S/C19H23N5O4S/c1-21-12-16(18(25)23(3)19(21)26)29(27,28)24-10-6-7-13(11-24)17-20-14-8-4-5-9-15(14)22(17)2/h4-5,8-9,12-13H,6-7,10-11H2,1-3H3/t13-/m1/s1. The van der Waals surface area contributed by atoms with Crippen molar-refractivity contribution in [3.63, 3.8) is 0 Å². The zero-order valence-electron chi connectivity index (χ0n) is 16.6. The second-order valence-corrected chi connectivity index (χ2v) is 9.38. The lowest BCUT2D eigenvalue weighted by atomic mass is 9.99. The molecular formula is C19H23N5O4S. The van der Waals surface area contributed by atoms with E-state index in [1.54, 1.807) is 0 Å². The number of fused-ring (bicyclic) bond motifs is 1. The van der Waals surface area contributed by atoms with Crippen molar-refractivity contribution in [2.24, 2.45) is 21.1 Å². The molecule has 1 saturated heterocycles. The van der Waals surface area contributed by atoms with Crippen LogP contribution in [0, 0.1) is 0 Å². The van der Waals surface area contributed by atoms with Crippen molar-refractivity contribution in [3.05, 3.63) is 57.1 Å². The number of hydrogen-bond acceptors (Lipinski definition) is 5. The first-order chi connectivity index (χ1) is 13.7. The number of rotatable bonds is 3. The van der Waals surface area contributed by atoms with E-state index in [1.165, 1.54) is 18.4 Å². The number of piperidine rings is 1. The Labute approximate surface area is 167 Å². The summed E-state index contributed by atoms with van der Waals surface area (Å²) in [5.41, 5.74) is 0.495. The van der Waals surface area contributed by atoms with E-state index >= 15 is 0 Å². The molecule has 1 aromatic carbocycles. The Hall–Kier alpha value is -2.72. The number of aryl methyl sites for hydroxylation is 2. The zero-order chi connectivity index (χ0) is 20.9. The second-order valence-electron chi connectivity index (χ2n) is 7.47. The first kappa shape index (κ1) is 19.6. The minimum absolute atomic E-state index is 0.0766. The Bertz CT molecular complexity index is 1320. The highest BCUT2D eigenvalue weighted by molar-refractivity contribution is 7.89. The Morgan fingerprint density at radius 2 is 1.79 bits per heavy atom.